The van der Waals surface area contributed by atoms with Crippen molar-refractivity contribution in [1.29, 1.82) is 0 Å². The largest absolute Gasteiger partial charge is 0.295 e. The molecule has 0 atom stereocenters. The number of anilines is 1. The van der Waals surface area contributed by atoms with Gasteiger partial charge in [0.05, 0.1) is 15.5 Å². The number of ketones is 1. The van der Waals surface area contributed by atoms with Crippen molar-refractivity contribution >= 4 is 31.5 Å². The second kappa shape index (κ2) is 8.64. The number of Topliss-reactive ketones (excluding diaryl/α,β-unsaturated/α-hetero) is 1. The molecule has 0 unspecified atom stereocenters. The summed E-state index contributed by atoms with van der Waals surface area (Å²) in [5.41, 5.74) is 1.73. The molecule has 0 heterocycles. The molecule has 0 amide bonds. The van der Waals surface area contributed by atoms with E-state index in [0.29, 0.717) is 24.2 Å². The molecule has 0 aliphatic heterocycles. The van der Waals surface area contributed by atoms with E-state index in [-0.39, 0.29) is 26.8 Å². The molecule has 0 bridgehead atoms. The molecule has 0 saturated heterocycles. The van der Waals surface area contributed by atoms with Crippen molar-refractivity contribution in [3.05, 3.63) is 53.1 Å². The molecule has 0 aromatic heterocycles. The minimum absolute atomic E-state index is 0.0273. The average Bonchev–Trinajstić information content (AvgIpc) is 2.65. The Balaban J connectivity index is 2.54. The zero-order valence-electron chi connectivity index (χ0n) is 17.2. The van der Waals surface area contributed by atoms with Gasteiger partial charge in [-0.25, -0.2) is 16.8 Å². The van der Waals surface area contributed by atoms with Crippen LogP contribution < -0.4 is 4.72 Å². The Morgan fingerprint density at radius 1 is 0.966 bits per heavy atom. The molecule has 0 spiro atoms. The Labute approximate surface area is 172 Å². The maximum Gasteiger partial charge on any atom is 0.261 e. The first-order chi connectivity index (χ1) is 13.4. The number of nitrogens with zero attached hydrogens (tertiary/aromatic N) is 1. The van der Waals surface area contributed by atoms with Crippen LogP contribution in [0.5, 0.6) is 0 Å². The van der Waals surface area contributed by atoms with Gasteiger partial charge in [-0.05, 0) is 56.2 Å². The average molecular weight is 439 g/mol. The quantitative estimate of drug-likeness (QED) is 0.637. The third-order valence-electron chi connectivity index (χ3n) is 4.78. The SMILES string of the molecule is CCN(CC)S(=O)(=O)c1cc(C)c(C)c(NS(=O)(=O)c2cccc(C(C)=O)c2)c1. The minimum atomic E-state index is -4.01. The summed E-state index contributed by atoms with van der Waals surface area (Å²) in [7, 11) is -7.76. The molecular weight excluding hydrogens is 412 g/mol. The smallest absolute Gasteiger partial charge is 0.261 e. The van der Waals surface area contributed by atoms with Crippen molar-refractivity contribution in [2.45, 2.75) is 44.4 Å². The summed E-state index contributed by atoms with van der Waals surface area (Å²) in [4.78, 5) is 11.5. The molecule has 29 heavy (non-hydrogen) atoms. The second-order valence-electron chi connectivity index (χ2n) is 6.69. The lowest BCUT2D eigenvalue weighted by Gasteiger charge is -2.20. The van der Waals surface area contributed by atoms with Crippen LogP contribution >= 0.6 is 0 Å². The van der Waals surface area contributed by atoms with Gasteiger partial charge >= 0.3 is 0 Å². The van der Waals surface area contributed by atoms with Crippen molar-refractivity contribution in [3.63, 3.8) is 0 Å². The number of sulfonamides is 2. The van der Waals surface area contributed by atoms with Gasteiger partial charge in [0, 0.05) is 18.7 Å². The Kier molecular flexibility index (Phi) is 6.87. The first-order valence-electron chi connectivity index (χ1n) is 9.19. The molecular formula is C20H26N2O5S2. The van der Waals surface area contributed by atoms with E-state index < -0.39 is 20.0 Å². The number of nitrogens with one attached hydrogen (secondary N) is 1. The van der Waals surface area contributed by atoms with E-state index in [9.17, 15) is 21.6 Å². The lowest BCUT2D eigenvalue weighted by molar-refractivity contribution is 0.101. The van der Waals surface area contributed by atoms with Crippen LogP contribution in [0.1, 0.15) is 42.3 Å². The van der Waals surface area contributed by atoms with E-state index in [1.807, 2.05) is 0 Å². The summed E-state index contributed by atoms with van der Waals surface area (Å²) >= 11 is 0. The number of hydrogen-bond acceptors (Lipinski definition) is 5. The molecule has 0 aliphatic carbocycles. The predicted octanol–water partition coefficient (Wildman–Crippen LogP) is 3.34. The fourth-order valence-electron chi connectivity index (χ4n) is 2.88. The molecule has 0 radical (unpaired) electrons. The van der Waals surface area contributed by atoms with Crippen LogP contribution in [0.3, 0.4) is 0 Å². The van der Waals surface area contributed by atoms with Crippen molar-refractivity contribution in [3.8, 4) is 0 Å². The van der Waals surface area contributed by atoms with Crippen LogP contribution in [-0.4, -0.2) is 40.0 Å². The highest BCUT2D eigenvalue weighted by atomic mass is 32.2. The van der Waals surface area contributed by atoms with Gasteiger partial charge < -0.3 is 0 Å². The zero-order valence-corrected chi connectivity index (χ0v) is 18.8. The molecule has 9 heteroatoms. The number of carbonyl (C=O) groups excluding carboxylic acids is 1. The molecule has 1 N–H and O–H groups in total. The van der Waals surface area contributed by atoms with E-state index in [4.69, 9.17) is 0 Å². The van der Waals surface area contributed by atoms with E-state index in [1.54, 1.807) is 27.7 Å². The first kappa shape index (κ1) is 23.1. The molecule has 0 fully saturated rings. The normalized spacial score (nSPS) is 12.2. The number of aryl methyl sites for hydroxylation is 1. The van der Waals surface area contributed by atoms with E-state index in [2.05, 4.69) is 4.72 Å². The maximum absolute atomic E-state index is 12.9. The third kappa shape index (κ3) is 4.85. The van der Waals surface area contributed by atoms with Gasteiger partial charge in [-0.1, -0.05) is 26.0 Å². The van der Waals surface area contributed by atoms with Gasteiger partial charge in [0.1, 0.15) is 0 Å². The Hall–Kier alpha value is -2.23. The summed E-state index contributed by atoms with van der Waals surface area (Å²) in [6.07, 6.45) is 0. The number of rotatable bonds is 8. The molecule has 158 valence electrons. The van der Waals surface area contributed by atoms with Gasteiger partial charge in [-0.2, -0.15) is 4.31 Å². The fourth-order valence-corrected chi connectivity index (χ4v) is 5.61. The monoisotopic (exact) mass is 438 g/mol. The van der Waals surface area contributed by atoms with Crippen molar-refractivity contribution in [2.24, 2.45) is 0 Å². The highest BCUT2D eigenvalue weighted by molar-refractivity contribution is 7.92. The summed E-state index contributed by atoms with van der Waals surface area (Å²) < 4.78 is 55.3. The van der Waals surface area contributed by atoms with Gasteiger partial charge in [0.25, 0.3) is 10.0 Å². The molecule has 2 aromatic rings. The molecule has 7 nitrogen and oxygen atoms in total. The Morgan fingerprint density at radius 2 is 1.59 bits per heavy atom. The molecule has 2 rings (SSSR count). The maximum atomic E-state index is 12.9. The van der Waals surface area contributed by atoms with Crippen LogP contribution in [0.4, 0.5) is 5.69 Å². The van der Waals surface area contributed by atoms with Gasteiger partial charge in [0.2, 0.25) is 10.0 Å². The third-order valence-corrected chi connectivity index (χ3v) is 8.17. The number of carbonyl (C=O) groups is 1. The predicted molar refractivity (Wildman–Crippen MR) is 113 cm³/mol. The summed E-state index contributed by atoms with van der Waals surface area (Å²) in [6.45, 7) is 8.91. The van der Waals surface area contributed by atoms with E-state index >= 15 is 0 Å². The Bertz CT molecular complexity index is 1140. The van der Waals surface area contributed by atoms with Crippen molar-refractivity contribution in [2.75, 3.05) is 17.8 Å². The summed E-state index contributed by atoms with van der Waals surface area (Å²) in [5, 5.41) is 0. The van der Waals surface area contributed by atoms with Crippen LogP contribution in [-0.2, 0) is 20.0 Å². The van der Waals surface area contributed by atoms with Crippen molar-refractivity contribution < 1.29 is 21.6 Å². The summed E-state index contributed by atoms with van der Waals surface area (Å²) in [6, 6.07) is 8.58. The van der Waals surface area contributed by atoms with Crippen LogP contribution in [0, 0.1) is 13.8 Å². The van der Waals surface area contributed by atoms with E-state index in [1.165, 1.54) is 47.6 Å². The zero-order chi connectivity index (χ0) is 22.0. The Morgan fingerprint density at radius 3 is 2.14 bits per heavy atom. The van der Waals surface area contributed by atoms with Gasteiger partial charge in [-0.3, -0.25) is 9.52 Å². The fraction of sp³-hybridized carbons (Fsp3) is 0.350. The van der Waals surface area contributed by atoms with Crippen LogP contribution in [0.25, 0.3) is 0 Å². The standard InChI is InChI=1S/C20H26N2O5S2/c1-6-22(7-2)29(26,27)19-11-14(3)15(4)20(13-19)21-28(24,25)18-10-8-9-17(12-18)16(5)23/h8-13,21H,6-7H2,1-5H3. The van der Waals surface area contributed by atoms with Gasteiger partial charge in [0.15, 0.2) is 5.78 Å². The molecule has 0 aliphatic rings. The van der Waals surface area contributed by atoms with Crippen LogP contribution in [0.15, 0.2) is 46.2 Å². The molecule has 0 saturated carbocycles. The number of benzene rings is 2. The minimum Gasteiger partial charge on any atom is -0.295 e. The topological polar surface area (TPSA) is 101 Å². The molecule has 2 aromatic carbocycles. The van der Waals surface area contributed by atoms with Gasteiger partial charge in [-0.15, -0.1) is 0 Å². The number of hydrogen-bond donors (Lipinski definition) is 1. The lowest BCUT2D eigenvalue weighted by atomic mass is 10.1. The van der Waals surface area contributed by atoms with Crippen molar-refractivity contribution in [1.82, 2.24) is 4.31 Å². The lowest BCUT2D eigenvalue weighted by Crippen LogP contribution is -2.30. The van der Waals surface area contributed by atoms with Crippen LogP contribution in [0.2, 0.25) is 0 Å². The van der Waals surface area contributed by atoms with E-state index in [0.717, 1.165) is 0 Å². The first-order valence-corrected chi connectivity index (χ1v) is 12.1. The second-order valence-corrected chi connectivity index (χ2v) is 10.3. The summed E-state index contributed by atoms with van der Waals surface area (Å²) in [5.74, 6) is -0.249. The highest BCUT2D eigenvalue weighted by Crippen LogP contribution is 2.28. The highest BCUT2D eigenvalue weighted by Gasteiger charge is 2.24.